The van der Waals surface area contributed by atoms with Gasteiger partial charge in [-0.25, -0.2) is 23.7 Å². The van der Waals surface area contributed by atoms with Crippen molar-refractivity contribution in [3.63, 3.8) is 0 Å². The van der Waals surface area contributed by atoms with Crippen LogP contribution in [0.15, 0.2) is 22.1 Å². The molecule has 0 saturated carbocycles. The Balaban J connectivity index is 0.00000441. The summed E-state index contributed by atoms with van der Waals surface area (Å²) in [4.78, 5) is 49.7. The summed E-state index contributed by atoms with van der Waals surface area (Å²) in [6.07, 6.45) is -12.3. The first kappa shape index (κ1) is 39.7. The summed E-state index contributed by atoms with van der Waals surface area (Å²) in [6, 6.07) is -2.58. The van der Waals surface area contributed by atoms with Crippen molar-refractivity contribution in [2.75, 3.05) is 6.61 Å². The molecule has 0 bridgehead atoms. The number of nitrogens with two attached hydrogens (primary N) is 1. The molecule has 1 aromatic rings. The summed E-state index contributed by atoms with van der Waals surface area (Å²) in [5.41, 5.74) is 4.55. The third kappa shape index (κ3) is 9.82. The number of nitrogens with zero attached hydrogens (tertiary/aromatic N) is 3. The van der Waals surface area contributed by atoms with Gasteiger partial charge in [0, 0.05) is 6.20 Å². The van der Waals surface area contributed by atoms with Gasteiger partial charge in [-0.3, -0.25) is 18.6 Å². The maximum absolute atomic E-state index is 12.5. The van der Waals surface area contributed by atoms with E-state index in [9.17, 15) is 59.1 Å². The number of carboxylic acids is 1. The first-order valence-electron chi connectivity index (χ1n) is 10.9. The number of aromatic nitrogens is 2. The second-order valence-electron chi connectivity index (χ2n) is 8.39. The van der Waals surface area contributed by atoms with Crippen molar-refractivity contribution >= 4 is 27.5 Å². The fourth-order valence-corrected chi connectivity index (χ4v) is 5.86. The normalized spacial score (nSPS) is 34.4. The number of phosphoric ester groups is 2. The van der Waals surface area contributed by atoms with Crippen LogP contribution in [-0.4, -0.2) is 107 Å². The number of carboxylic acid groups (broad SMARTS) is 1. The standard InChI is InChI=1S/C17H26N4O17P2.2Na/c1-5(22)19-9-8(18)11(25)13(15(27)28)36-16(9)37-40(32,33)38-39(30,31)34-4-6-10(24)12(26)14(35-6)21-3-2-7(23)20-17(21)29;;/h2-3,6,8-14,16,24-26H,4,18H2,1H3,(H,19,22)(H,27,28)(H,30,31)(H,32,33)(H,20,23,29);;/q;2*+1/p-2/t6-,8-,9-,10-,11+,12-,13+,14-,16-;;/m1../s1. The van der Waals surface area contributed by atoms with Crippen LogP contribution in [0.25, 0.3) is 0 Å². The van der Waals surface area contributed by atoms with Crippen molar-refractivity contribution < 1.29 is 136 Å². The largest absolute Gasteiger partial charge is 1.00 e. The van der Waals surface area contributed by atoms with E-state index in [2.05, 4.69) is 23.3 Å². The quantitative estimate of drug-likeness (QED) is 0.0528. The van der Waals surface area contributed by atoms with Gasteiger partial charge in [-0.1, -0.05) is 0 Å². The van der Waals surface area contributed by atoms with Crippen molar-refractivity contribution in [3.8, 4) is 5.88 Å². The number of ether oxygens (including phenoxy) is 2. The summed E-state index contributed by atoms with van der Waals surface area (Å²) < 4.78 is 48.8. The van der Waals surface area contributed by atoms with Gasteiger partial charge < -0.3 is 55.6 Å². The molecule has 2 fully saturated rings. The number of aliphatic hydroxyl groups is 3. The summed E-state index contributed by atoms with van der Waals surface area (Å²) >= 11 is 0. The van der Waals surface area contributed by atoms with Gasteiger partial charge in [0.1, 0.15) is 30.5 Å². The van der Waals surface area contributed by atoms with Crippen molar-refractivity contribution in [2.45, 2.75) is 62.0 Å². The molecule has 0 aromatic carbocycles. The topological polar surface area (TPSA) is 338 Å². The maximum atomic E-state index is 12.5. The van der Waals surface area contributed by atoms with Crippen LogP contribution in [0.4, 0.5) is 0 Å². The second-order valence-corrected chi connectivity index (χ2v) is 11.4. The average molecular weight is 664 g/mol. The molecular weight excluding hydrogens is 640 g/mol. The van der Waals surface area contributed by atoms with Crippen molar-refractivity contribution in [1.29, 1.82) is 0 Å². The summed E-state index contributed by atoms with van der Waals surface area (Å²) in [5, 5.41) is 62.2. The SMILES string of the molecule is CC([O-])=N[C@H]1[C@@H](OP(=O)(O)OP(=O)(O)OC[C@H]2O[C@@H](n3ccc([O-])nc3=O)[C@H](O)[C@@H]2O)O[C@H](C(=O)O)[C@@H](O)[C@@H]1N.[Na+].[Na+]. The molecule has 8 N–H and O–H groups in total. The number of aliphatic hydroxyl groups excluding tert-OH is 3. The minimum absolute atomic E-state index is 0. The molecule has 0 radical (unpaired) electrons. The van der Waals surface area contributed by atoms with Gasteiger partial charge in [0.15, 0.2) is 18.6 Å². The fourth-order valence-electron chi connectivity index (χ4n) is 3.70. The van der Waals surface area contributed by atoms with E-state index in [0.717, 1.165) is 19.2 Å². The van der Waals surface area contributed by atoms with Gasteiger partial charge in [0.2, 0.25) is 0 Å². The number of aliphatic imine (C=N–C) groups is 1. The van der Waals surface area contributed by atoms with E-state index in [1.165, 1.54) is 0 Å². The molecule has 11 atom stereocenters. The zero-order chi connectivity index (χ0) is 30.2. The van der Waals surface area contributed by atoms with Crippen LogP contribution in [-0.2, 0) is 36.8 Å². The summed E-state index contributed by atoms with van der Waals surface area (Å²) in [6.45, 7) is -0.151. The molecule has 0 aliphatic carbocycles. The van der Waals surface area contributed by atoms with Crippen molar-refractivity contribution in [2.24, 2.45) is 10.7 Å². The average Bonchev–Trinajstić information content (AvgIpc) is 3.09. The van der Waals surface area contributed by atoms with E-state index in [0.29, 0.717) is 4.57 Å². The van der Waals surface area contributed by atoms with E-state index in [4.69, 9.17) is 15.2 Å². The molecule has 2 aliphatic heterocycles. The van der Waals surface area contributed by atoms with Crippen LogP contribution in [0.5, 0.6) is 5.88 Å². The van der Waals surface area contributed by atoms with Crippen LogP contribution in [0.3, 0.4) is 0 Å². The molecular formula is C17H24N4Na2O17P2. The Labute approximate surface area is 279 Å². The van der Waals surface area contributed by atoms with Crippen LogP contribution in [0.1, 0.15) is 13.2 Å². The Morgan fingerprint density at radius 3 is 2.33 bits per heavy atom. The number of hydrogen-bond donors (Lipinski definition) is 7. The molecule has 25 heteroatoms. The third-order valence-corrected chi connectivity index (χ3v) is 8.09. The first-order valence-corrected chi connectivity index (χ1v) is 13.9. The van der Waals surface area contributed by atoms with E-state index in [1.54, 1.807) is 0 Å². The Bertz CT molecular complexity index is 1280. The number of aliphatic carboxylic acids is 1. The predicted molar refractivity (Wildman–Crippen MR) is 119 cm³/mol. The van der Waals surface area contributed by atoms with Gasteiger partial charge >= 0.3 is 86.4 Å². The molecule has 0 amide bonds. The second kappa shape index (κ2) is 15.8. The van der Waals surface area contributed by atoms with Gasteiger partial charge in [-0.15, -0.1) is 0 Å². The van der Waals surface area contributed by atoms with Crippen LogP contribution < -0.4 is 80.8 Å². The van der Waals surface area contributed by atoms with Gasteiger partial charge in [0.05, 0.1) is 12.6 Å². The molecule has 2 saturated heterocycles. The molecule has 3 heterocycles. The molecule has 42 heavy (non-hydrogen) atoms. The number of carbonyl (C=O) groups is 1. The molecule has 2 unspecified atom stereocenters. The molecule has 3 rings (SSSR count). The third-order valence-electron chi connectivity index (χ3n) is 5.49. The van der Waals surface area contributed by atoms with Gasteiger partial charge in [0.25, 0.3) is 0 Å². The van der Waals surface area contributed by atoms with E-state index in [-0.39, 0.29) is 59.1 Å². The Morgan fingerprint density at radius 1 is 1.17 bits per heavy atom. The summed E-state index contributed by atoms with van der Waals surface area (Å²) in [7, 11) is -11.3. The smallest absolute Gasteiger partial charge is 0.862 e. The zero-order valence-corrected chi connectivity index (χ0v) is 27.8. The predicted octanol–water partition coefficient (Wildman–Crippen LogP) is -11.2. The van der Waals surface area contributed by atoms with Crippen LogP contribution >= 0.6 is 15.6 Å². The molecule has 226 valence electrons. The first-order chi connectivity index (χ1) is 18.4. The minimum Gasteiger partial charge on any atom is -0.862 e. The van der Waals surface area contributed by atoms with Crippen molar-refractivity contribution in [3.05, 3.63) is 22.7 Å². The van der Waals surface area contributed by atoms with E-state index >= 15 is 0 Å². The molecule has 1 aromatic heterocycles. The van der Waals surface area contributed by atoms with Gasteiger partial charge in [-0.05, 0) is 24.8 Å². The molecule has 21 nitrogen and oxygen atoms in total. The molecule has 2 aliphatic rings. The zero-order valence-electron chi connectivity index (χ0n) is 22.0. The van der Waals surface area contributed by atoms with Crippen molar-refractivity contribution in [1.82, 2.24) is 9.55 Å². The van der Waals surface area contributed by atoms with E-state index < -0.39 is 101 Å². The Hall–Kier alpha value is -0.360. The minimum atomic E-state index is -5.73. The van der Waals surface area contributed by atoms with E-state index in [1.807, 2.05) is 0 Å². The summed E-state index contributed by atoms with van der Waals surface area (Å²) in [5.74, 6) is -3.60. The van der Waals surface area contributed by atoms with Gasteiger partial charge in [-0.2, -0.15) is 4.31 Å². The monoisotopic (exact) mass is 664 g/mol. The Kier molecular flexibility index (Phi) is 14.9. The number of hydrogen-bond acceptors (Lipinski definition) is 17. The molecule has 0 spiro atoms. The Morgan fingerprint density at radius 2 is 1.79 bits per heavy atom. The van der Waals surface area contributed by atoms with Crippen LogP contribution in [0.2, 0.25) is 0 Å². The maximum Gasteiger partial charge on any atom is 1.00 e. The fraction of sp³-hybridized carbons (Fsp3) is 0.647. The number of rotatable bonds is 10. The van der Waals surface area contributed by atoms with Crippen LogP contribution in [0, 0.1) is 0 Å². The number of phosphoric acid groups is 2.